The van der Waals surface area contributed by atoms with Crippen molar-refractivity contribution in [3.8, 4) is 5.75 Å². The number of alkyl halides is 3. The van der Waals surface area contributed by atoms with E-state index in [9.17, 15) is 13.2 Å². The topological polar surface area (TPSA) is 12.5 Å². The first kappa shape index (κ1) is 15.9. The quantitative estimate of drug-likeness (QED) is 0.712. The second-order valence-corrected chi connectivity index (χ2v) is 6.37. The summed E-state index contributed by atoms with van der Waals surface area (Å²) in [6.45, 7) is 0.658. The Balaban J connectivity index is 1.79. The summed E-state index contributed by atoms with van der Waals surface area (Å²) in [5, 5.41) is 0. The van der Waals surface area contributed by atoms with Gasteiger partial charge in [-0.25, -0.2) is 0 Å². The third kappa shape index (κ3) is 5.47. The van der Waals surface area contributed by atoms with Crippen molar-refractivity contribution >= 4 is 22.6 Å². The van der Waals surface area contributed by atoms with Gasteiger partial charge in [0.05, 0.1) is 13.2 Å². The van der Waals surface area contributed by atoms with Crippen molar-refractivity contribution in [2.45, 2.75) is 19.0 Å². The number of benzene rings is 1. The molecular formula is C14H17F3INO. The molecule has 1 atom stereocenters. The second kappa shape index (κ2) is 6.98. The summed E-state index contributed by atoms with van der Waals surface area (Å²) >= 11 is 2.21. The molecule has 1 aromatic carbocycles. The van der Waals surface area contributed by atoms with E-state index in [-0.39, 0.29) is 5.92 Å². The molecule has 6 heteroatoms. The lowest BCUT2D eigenvalue weighted by Crippen LogP contribution is -2.42. The lowest BCUT2D eigenvalue weighted by atomic mass is 9.99. The van der Waals surface area contributed by atoms with Crippen LogP contribution in [-0.4, -0.2) is 37.3 Å². The van der Waals surface area contributed by atoms with Crippen molar-refractivity contribution in [3.05, 3.63) is 27.8 Å². The number of hydrogen-bond acceptors (Lipinski definition) is 2. The van der Waals surface area contributed by atoms with Gasteiger partial charge in [-0.1, -0.05) is 0 Å². The first-order valence-corrected chi connectivity index (χ1v) is 7.68. The van der Waals surface area contributed by atoms with Crippen LogP contribution in [-0.2, 0) is 0 Å². The van der Waals surface area contributed by atoms with E-state index in [4.69, 9.17) is 4.74 Å². The van der Waals surface area contributed by atoms with E-state index in [2.05, 4.69) is 22.6 Å². The number of rotatable bonds is 4. The molecule has 1 unspecified atom stereocenters. The van der Waals surface area contributed by atoms with Crippen molar-refractivity contribution in [1.82, 2.24) is 4.90 Å². The van der Waals surface area contributed by atoms with Gasteiger partial charge in [0.2, 0.25) is 0 Å². The molecule has 0 spiro atoms. The zero-order chi connectivity index (χ0) is 14.6. The van der Waals surface area contributed by atoms with Gasteiger partial charge >= 0.3 is 6.18 Å². The van der Waals surface area contributed by atoms with Gasteiger partial charge in [0, 0.05) is 16.0 Å². The lowest BCUT2D eigenvalue weighted by Gasteiger charge is -2.32. The average Bonchev–Trinajstić information content (AvgIpc) is 2.36. The molecule has 0 bridgehead atoms. The Bertz CT molecular complexity index is 421. The van der Waals surface area contributed by atoms with Crippen molar-refractivity contribution in [2.75, 3.05) is 26.2 Å². The summed E-state index contributed by atoms with van der Waals surface area (Å²) < 4.78 is 43.9. The minimum Gasteiger partial charge on any atom is -0.493 e. The van der Waals surface area contributed by atoms with Crippen LogP contribution in [0.15, 0.2) is 24.3 Å². The highest BCUT2D eigenvalue weighted by atomic mass is 127. The highest BCUT2D eigenvalue weighted by molar-refractivity contribution is 14.1. The Labute approximate surface area is 130 Å². The Morgan fingerprint density at radius 1 is 1.25 bits per heavy atom. The van der Waals surface area contributed by atoms with Crippen LogP contribution in [0.25, 0.3) is 0 Å². The molecule has 1 aromatic rings. The molecule has 0 amide bonds. The van der Waals surface area contributed by atoms with Gasteiger partial charge < -0.3 is 4.74 Å². The first-order valence-electron chi connectivity index (χ1n) is 6.60. The summed E-state index contributed by atoms with van der Waals surface area (Å²) in [5.74, 6) is 0.948. The Morgan fingerprint density at radius 3 is 2.60 bits per heavy atom. The smallest absolute Gasteiger partial charge is 0.401 e. The minimum atomic E-state index is -4.11. The summed E-state index contributed by atoms with van der Waals surface area (Å²) in [7, 11) is 0. The molecule has 0 aromatic heterocycles. The normalized spacial score (nSPS) is 20.9. The van der Waals surface area contributed by atoms with Crippen molar-refractivity contribution in [1.29, 1.82) is 0 Å². The molecule has 112 valence electrons. The van der Waals surface area contributed by atoms with Gasteiger partial charge in [-0.05, 0) is 66.2 Å². The molecule has 0 aliphatic carbocycles. The van der Waals surface area contributed by atoms with E-state index in [0.717, 1.165) is 22.2 Å². The molecule has 20 heavy (non-hydrogen) atoms. The molecule has 1 heterocycles. The molecule has 0 N–H and O–H groups in total. The number of halogens is 4. The van der Waals surface area contributed by atoms with E-state index < -0.39 is 12.7 Å². The predicted octanol–water partition coefficient (Wildman–Crippen LogP) is 3.94. The second-order valence-electron chi connectivity index (χ2n) is 5.12. The monoisotopic (exact) mass is 399 g/mol. The third-order valence-corrected chi connectivity index (χ3v) is 4.02. The van der Waals surface area contributed by atoms with E-state index >= 15 is 0 Å². The standard InChI is InChI=1S/C14H17F3INO/c15-14(16,17)10-19-7-1-2-11(8-19)9-20-13-5-3-12(18)4-6-13/h3-6,11H,1-2,7-10H2. The Morgan fingerprint density at radius 2 is 1.95 bits per heavy atom. The first-order chi connectivity index (χ1) is 9.42. The number of likely N-dealkylation sites (tertiary alicyclic amines) is 1. The maximum absolute atomic E-state index is 12.4. The van der Waals surface area contributed by atoms with Gasteiger partial charge in [-0.3, -0.25) is 4.90 Å². The SMILES string of the molecule is FC(F)(F)CN1CCCC(COc2ccc(I)cc2)C1. The van der Waals surface area contributed by atoms with Crippen LogP contribution in [0.2, 0.25) is 0 Å². The van der Waals surface area contributed by atoms with E-state index in [1.807, 2.05) is 24.3 Å². The number of piperidine rings is 1. The van der Waals surface area contributed by atoms with Crippen LogP contribution in [0.1, 0.15) is 12.8 Å². The summed E-state index contributed by atoms with van der Waals surface area (Å²) in [4.78, 5) is 1.48. The Hall–Kier alpha value is -0.500. The summed E-state index contributed by atoms with van der Waals surface area (Å²) in [6, 6.07) is 7.68. The zero-order valence-corrected chi connectivity index (χ0v) is 13.2. The number of nitrogens with zero attached hydrogens (tertiary/aromatic N) is 1. The highest BCUT2D eigenvalue weighted by Gasteiger charge is 2.33. The van der Waals surface area contributed by atoms with Crippen LogP contribution in [0.5, 0.6) is 5.75 Å². The third-order valence-electron chi connectivity index (χ3n) is 3.31. The van der Waals surface area contributed by atoms with Gasteiger partial charge in [0.25, 0.3) is 0 Å². The van der Waals surface area contributed by atoms with Gasteiger partial charge in [-0.2, -0.15) is 13.2 Å². The fraction of sp³-hybridized carbons (Fsp3) is 0.571. The number of hydrogen-bond donors (Lipinski definition) is 0. The van der Waals surface area contributed by atoms with Crippen LogP contribution >= 0.6 is 22.6 Å². The number of ether oxygens (including phenoxy) is 1. The van der Waals surface area contributed by atoms with Crippen LogP contribution in [0.3, 0.4) is 0 Å². The average molecular weight is 399 g/mol. The minimum absolute atomic E-state index is 0.172. The molecule has 1 aliphatic heterocycles. The fourth-order valence-corrected chi connectivity index (χ4v) is 2.79. The predicted molar refractivity (Wildman–Crippen MR) is 79.9 cm³/mol. The lowest BCUT2D eigenvalue weighted by molar-refractivity contribution is -0.149. The van der Waals surface area contributed by atoms with E-state index in [1.54, 1.807) is 0 Å². The summed E-state index contributed by atoms with van der Waals surface area (Å²) in [5.41, 5.74) is 0. The molecule has 2 rings (SSSR count). The molecule has 1 aliphatic rings. The molecule has 1 fully saturated rings. The van der Waals surface area contributed by atoms with Gasteiger partial charge in [-0.15, -0.1) is 0 Å². The van der Waals surface area contributed by atoms with Crippen LogP contribution < -0.4 is 4.74 Å². The molecule has 1 saturated heterocycles. The molecule has 0 saturated carbocycles. The molecule has 2 nitrogen and oxygen atoms in total. The Kier molecular flexibility index (Phi) is 5.54. The van der Waals surface area contributed by atoms with Crippen LogP contribution in [0, 0.1) is 9.49 Å². The van der Waals surface area contributed by atoms with Crippen molar-refractivity contribution < 1.29 is 17.9 Å². The fourth-order valence-electron chi connectivity index (χ4n) is 2.43. The highest BCUT2D eigenvalue weighted by Crippen LogP contribution is 2.23. The zero-order valence-electron chi connectivity index (χ0n) is 11.0. The van der Waals surface area contributed by atoms with Crippen molar-refractivity contribution in [3.63, 3.8) is 0 Å². The maximum atomic E-state index is 12.4. The summed E-state index contributed by atoms with van der Waals surface area (Å²) in [6.07, 6.45) is -2.38. The van der Waals surface area contributed by atoms with Crippen LogP contribution in [0.4, 0.5) is 13.2 Å². The van der Waals surface area contributed by atoms with Gasteiger partial charge in [0.15, 0.2) is 0 Å². The van der Waals surface area contributed by atoms with Gasteiger partial charge in [0.1, 0.15) is 5.75 Å². The molecule has 0 radical (unpaired) electrons. The molecular weight excluding hydrogens is 382 g/mol. The maximum Gasteiger partial charge on any atom is 0.401 e. The van der Waals surface area contributed by atoms with Crippen molar-refractivity contribution in [2.24, 2.45) is 5.92 Å². The largest absolute Gasteiger partial charge is 0.493 e. The van der Waals surface area contributed by atoms with E-state index in [0.29, 0.717) is 19.7 Å². The van der Waals surface area contributed by atoms with E-state index in [1.165, 1.54) is 4.90 Å².